The SMILES string of the molecule is c1ccc(OC2C3CC4CC(C3)CC2C4)c(Nc2ncnc3sccc23)c1. The third kappa shape index (κ3) is 2.71. The van der Waals surface area contributed by atoms with Crippen LogP contribution in [0.3, 0.4) is 0 Å². The lowest BCUT2D eigenvalue weighted by Crippen LogP contribution is -2.50. The predicted octanol–water partition coefficient (Wildman–Crippen LogP) is 5.64. The molecule has 0 unspecified atom stereocenters. The smallest absolute Gasteiger partial charge is 0.143 e. The number of hydrogen-bond acceptors (Lipinski definition) is 5. The van der Waals surface area contributed by atoms with Gasteiger partial charge in [0, 0.05) is 0 Å². The average molecular weight is 378 g/mol. The summed E-state index contributed by atoms with van der Waals surface area (Å²) in [6.07, 6.45) is 8.96. The van der Waals surface area contributed by atoms with Gasteiger partial charge in [0.25, 0.3) is 0 Å². The zero-order valence-corrected chi connectivity index (χ0v) is 16.0. The number of thiophene rings is 1. The summed E-state index contributed by atoms with van der Waals surface area (Å²) in [5.41, 5.74) is 0.998. The molecule has 4 nitrogen and oxygen atoms in total. The van der Waals surface area contributed by atoms with Crippen LogP contribution in [0.1, 0.15) is 32.1 Å². The Hall–Kier alpha value is -2.14. The summed E-state index contributed by atoms with van der Waals surface area (Å²) in [5.74, 6) is 5.23. The molecule has 2 aromatic heterocycles. The van der Waals surface area contributed by atoms with Gasteiger partial charge < -0.3 is 10.1 Å². The summed E-state index contributed by atoms with van der Waals surface area (Å²) < 4.78 is 6.68. The number of ether oxygens (including phenoxy) is 1. The van der Waals surface area contributed by atoms with Gasteiger partial charge in [-0.25, -0.2) is 9.97 Å². The van der Waals surface area contributed by atoms with Gasteiger partial charge in [-0.3, -0.25) is 0 Å². The van der Waals surface area contributed by atoms with E-state index in [2.05, 4.69) is 51.0 Å². The van der Waals surface area contributed by atoms with E-state index in [1.807, 2.05) is 0 Å². The van der Waals surface area contributed by atoms with E-state index in [4.69, 9.17) is 4.74 Å². The van der Waals surface area contributed by atoms with E-state index in [0.717, 1.165) is 51.1 Å². The highest BCUT2D eigenvalue weighted by molar-refractivity contribution is 7.16. The van der Waals surface area contributed by atoms with Crippen molar-refractivity contribution in [3.05, 3.63) is 42.0 Å². The van der Waals surface area contributed by atoms with Crippen molar-refractivity contribution in [1.29, 1.82) is 0 Å². The third-order valence-electron chi connectivity index (χ3n) is 6.81. The Labute approximate surface area is 163 Å². The third-order valence-corrected chi connectivity index (χ3v) is 7.63. The van der Waals surface area contributed by atoms with Crippen molar-refractivity contribution in [2.75, 3.05) is 5.32 Å². The number of rotatable bonds is 4. The summed E-state index contributed by atoms with van der Waals surface area (Å²) in [6, 6.07) is 10.4. The van der Waals surface area contributed by atoms with Gasteiger partial charge in [-0.2, -0.15) is 0 Å². The van der Waals surface area contributed by atoms with Gasteiger partial charge >= 0.3 is 0 Å². The standard InChI is InChI=1S/C22H23N3OS/c1-2-4-19(26-20-15-8-13-7-14(10-15)11-16(20)9-13)18(3-1)25-21-17-5-6-27-22(17)24-12-23-21/h1-6,12-16,20H,7-11H2,(H,23,24,25). The maximum absolute atomic E-state index is 6.68. The van der Waals surface area contributed by atoms with E-state index in [1.54, 1.807) is 17.7 Å². The molecule has 7 rings (SSSR count). The van der Waals surface area contributed by atoms with Crippen molar-refractivity contribution in [2.45, 2.75) is 38.2 Å². The zero-order valence-electron chi connectivity index (χ0n) is 15.2. The van der Waals surface area contributed by atoms with Crippen molar-refractivity contribution in [2.24, 2.45) is 23.7 Å². The van der Waals surface area contributed by atoms with Gasteiger partial charge in [0.1, 0.15) is 28.8 Å². The number of aromatic nitrogens is 2. The molecular weight excluding hydrogens is 354 g/mol. The minimum atomic E-state index is 0.382. The molecule has 3 aromatic rings. The van der Waals surface area contributed by atoms with Crippen molar-refractivity contribution < 1.29 is 4.74 Å². The Morgan fingerprint density at radius 2 is 1.70 bits per heavy atom. The lowest BCUT2D eigenvalue weighted by Gasteiger charge is -2.53. The number of nitrogens with zero attached hydrogens (tertiary/aromatic N) is 2. The Morgan fingerprint density at radius 1 is 0.926 bits per heavy atom. The van der Waals surface area contributed by atoms with E-state index in [1.165, 1.54) is 32.1 Å². The van der Waals surface area contributed by atoms with E-state index >= 15 is 0 Å². The van der Waals surface area contributed by atoms with Crippen LogP contribution in [-0.2, 0) is 0 Å². The van der Waals surface area contributed by atoms with Crippen LogP contribution in [0.25, 0.3) is 10.2 Å². The molecule has 4 saturated carbocycles. The van der Waals surface area contributed by atoms with Gasteiger partial charge in [-0.05, 0) is 79.4 Å². The van der Waals surface area contributed by atoms with Crippen molar-refractivity contribution in [1.82, 2.24) is 9.97 Å². The van der Waals surface area contributed by atoms with E-state index in [0.29, 0.717) is 6.10 Å². The van der Waals surface area contributed by atoms with Crippen molar-refractivity contribution in [3.63, 3.8) is 0 Å². The first-order chi connectivity index (χ1) is 13.3. The van der Waals surface area contributed by atoms with Crippen LogP contribution in [0, 0.1) is 23.7 Å². The summed E-state index contributed by atoms with van der Waals surface area (Å²) in [4.78, 5) is 9.82. The maximum Gasteiger partial charge on any atom is 0.143 e. The van der Waals surface area contributed by atoms with Crippen LogP contribution >= 0.6 is 11.3 Å². The first-order valence-corrected chi connectivity index (χ1v) is 10.9. The normalized spacial score (nSPS) is 31.3. The fourth-order valence-electron chi connectivity index (χ4n) is 5.90. The molecule has 0 amide bonds. The zero-order chi connectivity index (χ0) is 17.8. The monoisotopic (exact) mass is 377 g/mol. The molecule has 1 N–H and O–H groups in total. The Kier molecular flexibility index (Phi) is 3.64. The number of para-hydroxylation sites is 2. The molecule has 4 fully saturated rings. The molecule has 2 heterocycles. The topological polar surface area (TPSA) is 47.0 Å². The number of anilines is 2. The van der Waals surface area contributed by atoms with Gasteiger partial charge in [0.05, 0.1) is 11.1 Å². The molecule has 0 radical (unpaired) electrons. The summed E-state index contributed by atoms with van der Waals surface area (Å²) in [5, 5.41) is 6.62. The second-order valence-electron chi connectivity index (χ2n) is 8.50. The highest BCUT2D eigenvalue weighted by Crippen LogP contribution is 2.55. The van der Waals surface area contributed by atoms with Crippen LogP contribution in [0.5, 0.6) is 5.75 Å². The van der Waals surface area contributed by atoms with Gasteiger partial charge in [0.2, 0.25) is 0 Å². The molecule has 5 heteroatoms. The quantitative estimate of drug-likeness (QED) is 0.639. The number of benzene rings is 1. The number of nitrogens with one attached hydrogen (secondary N) is 1. The summed E-state index contributed by atoms with van der Waals surface area (Å²) in [6.45, 7) is 0. The molecule has 0 aliphatic heterocycles. The summed E-state index contributed by atoms with van der Waals surface area (Å²) >= 11 is 1.64. The van der Waals surface area contributed by atoms with Crippen molar-refractivity contribution in [3.8, 4) is 5.75 Å². The van der Waals surface area contributed by atoms with Gasteiger partial charge in [0.15, 0.2) is 0 Å². The molecule has 138 valence electrons. The van der Waals surface area contributed by atoms with Crippen LogP contribution < -0.4 is 10.1 Å². The lowest BCUT2D eigenvalue weighted by atomic mass is 9.55. The maximum atomic E-state index is 6.68. The van der Waals surface area contributed by atoms with Crippen LogP contribution in [0.2, 0.25) is 0 Å². The minimum Gasteiger partial charge on any atom is -0.488 e. The number of hydrogen-bond donors (Lipinski definition) is 1. The predicted molar refractivity (Wildman–Crippen MR) is 109 cm³/mol. The highest BCUT2D eigenvalue weighted by Gasteiger charge is 2.49. The van der Waals surface area contributed by atoms with Gasteiger partial charge in [-0.1, -0.05) is 12.1 Å². The van der Waals surface area contributed by atoms with Crippen LogP contribution in [0.15, 0.2) is 42.0 Å². The van der Waals surface area contributed by atoms with Gasteiger partial charge in [-0.15, -0.1) is 11.3 Å². The molecular formula is C22H23N3OS. The Morgan fingerprint density at radius 3 is 2.52 bits per heavy atom. The molecule has 4 bridgehead atoms. The first kappa shape index (κ1) is 15.9. The second kappa shape index (κ2) is 6.20. The van der Waals surface area contributed by atoms with Crippen LogP contribution in [0.4, 0.5) is 11.5 Å². The number of fused-ring (bicyclic) bond motifs is 1. The Bertz CT molecular complexity index is 956. The Balaban J connectivity index is 1.29. The molecule has 0 saturated heterocycles. The molecule has 0 atom stereocenters. The molecule has 4 aliphatic rings. The lowest BCUT2D eigenvalue weighted by molar-refractivity contribution is -0.0787. The van der Waals surface area contributed by atoms with E-state index < -0.39 is 0 Å². The molecule has 27 heavy (non-hydrogen) atoms. The highest BCUT2D eigenvalue weighted by atomic mass is 32.1. The first-order valence-electron chi connectivity index (χ1n) is 10.0. The van der Waals surface area contributed by atoms with Crippen LogP contribution in [-0.4, -0.2) is 16.1 Å². The van der Waals surface area contributed by atoms with Crippen molar-refractivity contribution >= 4 is 33.1 Å². The fraction of sp³-hybridized carbons (Fsp3) is 0.455. The summed E-state index contributed by atoms with van der Waals surface area (Å²) in [7, 11) is 0. The minimum absolute atomic E-state index is 0.382. The molecule has 1 aromatic carbocycles. The molecule has 4 aliphatic carbocycles. The van der Waals surface area contributed by atoms with E-state index in [-0.39, 0.29) is 0 Å². The molecule has 0 spiro atoms. The average Bonchev–Trinajstić information content (AvgIpc) is 3.15. The van der Waals surface area contributed by atoms with E-state index in [9.17, 15) is 0 Å². The second-order valence-corrected chi connectivity index (χ2v) is 9.39. The largest absolute Gasteiger partial charge is 0.488 e. The fourth-order valence-corrected chi connectivity index (χ4v) is 6.64.